The lowest BCUT2D eigenvalue weighted by molar-refractivity contribution is -0.286. The minimum Gasteiger partial charge on any atom is -0.395 e. The van der Waals surface area contributed by atoms with Gasteiger partial charge in [-0.25, -0.2) is 0 Å². The number of fused-ring (bicyclic) bond motifs is 1. The van der Waals surface area contributed by atoms with E-state index >= 15 is 0 Å². The van der Waals surface area contributed by atoms with E-state index in [2.05, 4.69) is 14.8 Å². The van der Waals surface area contributed by atoms with Crippen LogP contribution in [0, 0.1) is 11.3 Å². The van der Waals surface area contributed by atoms with Gasteiger partial charge in [0.25, 0.3) is 5.91 Å². The molecule has 0 radical (unpaired) electrons. The Hall–Kier alpha value is -2.62. The summed E-state index contributed by atoms with van der Waals surface area (Å²) in [5.41, 5.74) is 0.474. The predicted octanol–water partition coefficient (Wildman–Crippen LogP) is 1.42. The normalized spacial score (nSPS) is 19.3. The van der Waals surface area contributed by atoms with Crippen LogP contribution in [0.4, 0.5) is 8.78 Å². The lowest BCUT2D eigenvalue weighted by atomic mass is 10.0. The second-order valence-corrected chi connectivity index (χ2v) is 3.95. The third-order valence-electron chi connectivity index (χ3n) is 2.82. The lowest BCUT2D eigenvalue weighted by Gasteiger charge is -2.07. The predicted molar refractivity (Wildman–Crippen MR) is 58.2 cm³/mol. The molecule has 2 heterocycles. The third-order valence-corrected chi connectivity index (χ3v) is 2.82. The zero-order valence-corrected chi connectivity index (χ0v) is 9.37. The molecule has 5 nitrogen and oxygen atoms in total. The van der Waals surface area contributed by atoms with E-state index in [0.717, 1.165) is 0 Å². The molecule has 0 atom stereocenters. The molecule has 3 rings (SSSR count). The van der Waals surface area contributed by atoms with Gasteiger partial charge in [-0.1, -0.05) is 12.1 Å². The minimum atomic E-state index is -3.73. The van der Waals surface area contributed by atoms with Gasteiger partial charge in [-0.05, 0) is 6.07 Å². The molecule has 0 saturated heterocycles. The molecule has 0 aliphatic carbocycles. The molecule has 1 amide bonds. The first kappa shape index (κ1) is 11.5. The van der Waals surface area contributed by atoms with E-state index in [4.69, 9.17) is 5.26 Å². The summed E-state index contributed by atoms with van der Waals surface area (Å²) in [5.74, 6) is -0.806. The molecule has 1 aromatic rings. The van der Waals surface area contributed by atoms with Crippen LogP contribution in [0.1, 0.15) is 5.56 Å². The highest BCUT2D eigenvalue weighted by molar-refractivity contribution is 6.10. The van der Waals surface area contributed by atoms with Crippen LogP contribution in [0.3, 0.4) is 0 Å². The third kappa shape index (κ3) is 1.69. The Morgan fingerprint density at radius 3 is 2.89 bits per heavy atom. The monoisotopic (exact) mass is 264 g/mol. The fourth-order valence-electron chi connectivity index (χ4n) is 2.04. The van der Waals surface area contributed by atoms with E-state index in [-0.39, 0.29) is 29.2 Å². The van der Waals surface area contributed by atoms with E-state index in [9.17, 15) is 13.6 Å². The van der Waals surface area contributed by atoms with Crippen LogP contribution in [-0.4, -0.2) is 18.7 Å². The number of amides is 1. The van der Waals surface area contributed by atoms with Gasteiger partial charge in [0.1, 0.15) is 11.6 Å². The van der Waals surface area contributed by atoms with E-state index in [1.54, 1.807) is 6.07 Å². The van der Waals surface area contributed by atoms with Crippen molar-refractivity contribution in [3.63, 3.8) is 0 Å². The largest absolute Gasteiger partial charge is 0.586 e. The highest BCUT2D eigenvalue weighted by atomic mass is 19.3. The highest BCUT2D eigenvalue weighted by Gasteiger charge is 2.45. The first-order valence-electron chi connectivity index (χ1n) is 5.32. The minimum absolute atomic E-state index is 0.0904. The molecule has 96 valence electrons. The number of halogens is 2. The fraction of sp³-hybridized carbons (Fsp3) is 0.167. The topological polar surface area (TPSA) is 71.3 Å². The lowest BCUT2D eigenvalue weighted by Crippen LogP contribution is -2.26. The van der Waals surface area contributed by atoms with Gasteiger partial charge in [0.05, 0.1) is 0 Å². The number of rotatable bonds is 1. The zero-order valence-electron chi connectivity index (χ0n) is 9.37. The van der Waals surface area contributed by atoms with Crippen LogP contribution in [0.25, 0.3) is 5.57 Å². The van der Waals surface area contributed by atoms with Gasteiger partial charge in [-0.3, -0.25) is 4.79 Å². The van der Waals surface area contributed by atoms with Crippen molar-refractivity contribution < 1.29 is 23.0 Å². The number of benzene rings is 1. The first-order valence-corrected chi connectivity index (χ1v) is 5.32. The number of hydrogen-bond donors (Lipinski definition) is 1. The Labute approximate surface area is 106 Å². The van der Waals surface area contributed by atoms with Gasteiger partial charge < -0.3 is 14.8 Å². The Kier molecular flexibility index (Phi) is 2.22. The Morgan fingerprint density at radius 1 is 1.37 bits per heavy atom. The maximum Gasteiger partial charge on any atom is 0.586 e. The molecule has 0 unspecified atom stereocenters. The molecule has 19 heavy (non-hydrogen) atoms. The molecule has 0 saturated carbocycles. The van der Waals surface area contributed by atoms with E-state index < -0.39 is 12.2 Å². The van der Waals surface area contributed by atoms with E-state index in [1.165, 1.54) is 18.2 Å². The average Bonchev–Trinajstić information content (AvgIpc) is 2.86. The van der Waals surface area contributed by atoms with Gasteiger partial charge in [-0.15, -0.1) is 8.78 Å². The molecule has 2 aliphatic rings. The molecular formula is C12H6F2N2O3. The van der Waals surface area contributed by atoms with Gasteiger partial charge >= 0.3 is 6.29 Å². The summed E-state index contributed by atoms with van der Waals surface area (Å²) in [7, 11) is 0. The quantitative estimate of drug-likeness (QED) is 0.832. The Bertz CT molecular complexity index is 661. The van der Waals surface area contributed by atoms with Gasteiger partial charge in [0.15, 0.2) is 11.5 Å². The highest BCUT2D eigenvalue weighted by Crippen LogP contribution is 2.46. The molecule has 7 heteroatoms. The van der Waals surface area contributed by atoms with Gasteiger partial charge in [0, 0.05) is 17.7 Å². The van der Waals surface area contributed by atoms with Crippen molar-refractivity contribution in [1.82, 2.24) is 5.32 Å². The number of carbonyl (C=O) groups is 1. The van der Waals surface area contributed by atoms with Crippen LogP contribution in [-0.2, 0) is 4.79 Å². The van der Waals surface area contributed by atoms with Crippen molar-refractivity contribution in [2.24, 2.45) is 0 Å². The van der Waals surface area contributed by atoms with Crippen molar-refractivity contribution in [2.45, 2.75) is 6.29 Å². The number of alkyl halides is 2. The fourth-order valence-corrected chi connectivity index (χ4v) is 2.04. The van der Waals surface area contributed by atoms with Crippen LogP contribution in [0.15, 0.2) is 23.8 Å². The summed E-state index contributed by atoms with van der Waals surface area (Å²) in [6, 6.07) is 6.07. The van der Waals surface area contributed by atoms with Crippen molar-refractivity contribution in [2.75, 3.05) is 6.54 Å². The summed E-state index contributed by atoms with van der Waals surface area (Å²) in [6.07, 6.45) is -3.73. The summed E-state index contributed by atoms with van der Waals surface area (Å²) in [6.45, 7) is 0.0904. The summed E-state index contributed by atoms with van der Waals surface area (Å²) >= 11 is 0. The number of ether oxygens (including phenoxy) is 2. The zero-order chi connectivity index (χ0) is 13.6. The maximum absolute atomic E-state index is 13.1. The van der Waals surface area contributed by atoms with Crippen LogP contribution in [0.5, 0.6) is 11.5 Å². The molecule has 2 aliphatic heterocycles. The molecule has 0 spiro atoms. The van der Waals surface area contributed by atoms with Crippen molar-refractivity contribution >= 4 is 11.5 Å². The average molecular weight is 264 g/mol. The van der Waals surface area contributed by atoms with E-state index in [1.807, 2.05) is 0 Å². The van der Waals surface area contributed by atoms with Crippen molar-refractivity contribution in [3.8, 4) is 17.6 Å². The molecule has 0 bridgehead atoms. The number of carbonyl (C=O) groups excluding carboxylic acids is 1. The van der Waals surface area contributed by atoms with E-state index in [0.29, 0.717) is 5.57 Å². The number of nitrogens with one attached hydrogen (secondary N) is 1. The first-order chi connectivity index (χ1) is 9.02. The van der Waals surface area contributed by atoms with Crippen molar-refractivity contribution in [1.29, 1.82) is 5.26 Å². The second kappa shape index (κ2) is 3.68. The summed E-state index contributed by atoms with van der Waals surface area (Å²) < 4.78 is 34.9. The Morgan fingerprint density at radius 2 is 2.16 bits per heavy atom. The molecule has 1 N–H and O–H groups in total. The van der Waals surface area contributed by atoms with Crippen LogP contribution in [0.2, 0.25) is 0 Å². The number of nitriles is 1. The summed E-state index contributed by atoms with van der Waals surface area (Å²) in [4.78, 5) is 11.4. The van der Waals surface area contributed by atoms with Gasteiger partial charge in [0.2, 0.25) is 0 Å². The second-order valence-electron chi connectivity index (χ2n) is 3.95. The number of hydrogen-bond acceptors (Lipinski definition) is 4. The molecular weight excluding hydrogens is 258 g/mol. The van der Waals surface area contributed by atoms with Crippen molar-refractivity contribution in [3.05, 3.63) is 29.3 Å². The smallest absolute Gasteiger partial charge is 0.395 e. The maximum atomic E-state index is 13.1. The Balaban J connectivity index is 2.16. The van der Waals surface area contributed by atoms with Crippen LogP contribution >= 0.6 is 0 Å². The van der Waals surface area contributed by atoms with Crippen LogP contribution < -0.4 is 14.8 Å². The van der Waals surface area contributed by atoms with Gasteiger partial charge in [-0.2, -0.15) is 5.26 Å². The standard InChI is InChI=1S/C12H6F2N2O3/c13-12(14)18-9-3-1-2-6(10(9)19-12)8-5-16-11(17)7(8)4-15/h1-3H,5H2,(H,16,17). The number of para-hydroxylation sites is 1. The molecule has 0 fully saturated rings. The molecule has 1 aromatic carbocycles. The molecule has 0 aromatic heterocycles. The summed E-state index contributed by atoms with van der Waals surface area (Å²) in [5, 5.41) is 11.4. The SMILES string of the molecule is N#CC1=C(c2cccc3c2OC(F)(F)O3)CNC1=O. The number of nitrogens with zero attached hydrogens (tertiary/aromatic N) is 1.